The van der Waals surface area contributed by atoms with Gasteiger partial charge < -0.3 is 29.9 Å². The van der Waals surface area contributed by atoms with Crippen molar-refractivity contribution in [1.82, 2.24) is 29.4 Å². The maximum Gasteiger partial charge on any atom is 0.391 e. The molecule has 65 heavy (non-hydrogen) atoms. The van der Waals surface area contributed by atoms with Crippen LogP contribution in [0, 0.1) is 30.1 Å². The molecule has 0 radical (unpaired) electrons. The Labute approximate surface area is 382 Å². The number of aromatic nitrogens is 2. The highest BCUT2D eigenvalue weighted by Crippen LogP contribution is 2.48. The summed E-state index contributed by atoms with van der Waals surface area (Å²) < 4.78 is 78.4. The monoisotopic (exact) mass is 945 g/mol. The van der Waals surface area contributed by atoms with Crippen molar-refractivity contribution < 1.29 is 50.2 Å². The summed E-state index contributed by atoms with van der Waals surface area (Å²) in [4.78, 5) is 70.1. The summed E-state index contributed by atoms with van der Waals surface area (Å²) >= 11 is 1.42. The van der Waals surface area contributed by atoms with Gasteiger partial charge in [-0.05, 0) is 70.4 Å². The van der Waals surface area contributed by atoms with Crippen LogP contribution in [-0.2, 0) is 30.1 Å². The van der Waals surface area contributed by atoms with E-state index in [-0.39, 0.29) is 57.8 Å². The summed E-state index contributed by atoms with van der Waals surface area (Å²) in [5.74, 6) is -4.59. The normalized spacial score (nSPS) is 23.1. The number of rotatable bonds is 15. The summed E-state index contributed by atoms with van der Waals surface area (Å²) in [5, 5.41) is 9.37. The maximum absolute atomic E-state index is 15.0. The number of carbonyl (C=O) groups excluding carboxylic acids is 4. The third-order valence-corrected chi connectivity index (χ3v) is 14.7. The first-order valence-electron chi connectivity index (χ1n) is 22.0. The SMILES string of the molecule is C=C[C@@H]1CC1(NC(=O)[C@@H]1C[C@@H](Oc2cc(-c3csc(NC(C)C)n3)nc3c(C)c(OC)ccc23)CN1C(=O)[C@@H](CC(=O)N1CCC(C(F)(F)F)CC1)C(C)(C)C)C(=O)N(C1CC1)[SH](=O)=O. The molecule has 0 bridgehead atoms. The van der Waals surface area contributed by atoms with E-state index in [0.29, 0.717) is 51.8 Å². The quantitative estimate of drug-likeness (QED) is 0.115. The number of alkyl halides is 3. The van der Waals surface area contributed by atoms with E-state index in [1.54, 1.807) is 40.0 Å². The number of nitrogens with one attached hydrogen (secondary N) is 2. The van der Waals surface area contributed by atoms with Crippen LogP contribution in [0.3, 0.4) is 0 Å². The molecule has 2 N–H and O–H groups in total. The van der Waals surface area contributed by atoms with Crippen LogP contribution in [0.15, 0.2) is 36.2 Å². The number of aryl methyl sites for hydroxylation is 1. The van der Waals surface area contributed by atoms with Crippen molar-refractivity contribution in [2.45, 2.75) is 122 Å². The van der Waals surface area contributed by atoms with E-state index < -0.39 is 87.6 Å². The number of ether oxygens (including phenoxy) is 2. The second kappa shape index (κ2) is 18.4. The Morgan fingerprint density at radius 1 is 1.06 bits per heavy atom. The number of nitrogens with zero attached hydrogens (tertiary/aromatic N) is 5. The van der Waals surface area contributed by atoms with E-state index in [0.717, 1.165) is 9.87 Å². The Balaban J connectivity index is 1.23. The number of hydrogen-bond acceptors (Lipinski definition) is 12. The zero-order chi connectivity index (χ0) is 47.3. The lowest BCUT2D eigenvalue weighted by molar-refractivity contribution is -0.186. The number of hydrogen-bond donors (Lipinski definition) is 3. The lowest BCUT2D eigenvalue weighted by Crippen LogP contribution is -2.57. The molecule has 4 fully saturated rings. The molecule has 7 rings (SSSR count). The summed E-state index contributed by atoms with van der Waals surface area (Å²) in [6.45, 7) is 14.7. The first kappa shape index (κ1) is 48.0. The molecule has 2 saturated carbocycles. The van der Waals surface area contributed by atoms with Crippen molar-refractivity contribution in [3.8, 4) is 22.9 Å². The van der Waals surface area contributed by atoms with Crippen molar-refractivity contribution >= 4 is 61.9 Å². The number of thiazole rings is 1. The van der Waals surface area contributed by atoms with Gasteiger partial charge in [0.05, 0.1) is 36.7 Å². The Hall–Kier alpha value is -4.98. The molecule has 354 valence electrons. The first-order valence-corrected chi connectivity index (χ1v) is 24.0. The molecule has 3 aromatic rings. The zero-order valence-electron chi connectivity index (χ0n) is 37.7. The van der Waals surface area contributed by atoms with Crippen LogP contribution in [0.2, 0.25) is 0 Å². The smallest absolute Gasteiger partial charge is 0.391 e. The molecule has 20 heteroatoms. The average Bonchev–Trinajstić information content (AvgIpc) is 4.11. The molecule has 2 aromatic heterocycles. The van der Waals surface area contributed by atoms with Crippen LogP contribution >= 0.6 is 11.3 Å². The predicted octanol–water partition coefficient (Wildman–Crippen LogP) is 6.28. The molecule has 4 aliphatic rings. The number of methoxy groups -OCH3 is 1. The number of carbonyl (C=O) groups is 4. The van der Waals surface area contributed by atoms with Crippen molar-refractivity contribution in [2.24, 2.45) is 23.2 Å². The van der Waals surface area contributed by atoms with Crippen molar-refractivity contribution in [3.63, 3.8) is 0 Å². The average molecular weight is 946 g/mol. The highest BCUT2D eigenvalue weighted by Gasteiger charge is 2.63. The maximum atomic E-state index is 15.0. The number of anilines is 1. The van der Waals surface area contributed by atoms with Gasteiger partial charge in [-0.15, -0.1) is 17.9 Å². The molecule has 15 nitrogen and oxygen atoms in total. The number of fused-ring (bicyclic) bond motifs is 1. The van der Waals surface area contributed by atoms with Gasteiger partial charge in [-0.2, -0.15) is 13.2 Å². The summed E-state index contributed by atoms with van der Waals surface area (Å²) in [6, 6.07) is 3.76. The summed E-state index contributed by atoms with van der Waals surface area (Å²) in [7, 11) is -1.74. The number of benzene rings is 1. The van der Waals surface area contributed by atoms with Gasteiger partial charge in [0.1, 0.15) is 34.9 Å². The molecule has 4 heterocycles. The van der Waals surface area contributed by atoms with E-state index in [4.69, 9.17) is 19.4 Å². The molecular formula is C45H58F3N7O8S2. The van der Waals surface area contributed by atoms with Crippen LogP contribution < -0.4 is 20.1 Å². The number of thiol groups is 1. The first-order chi connectivity index (χ1) is 30.6. The zero-order valence-corrected chi connectivity index (χ0v) is 39.4. The largest absolute Gasteiger partial charge is 0.496 e. The molecule has 2 saturated heterocycles. The lowest BCUT2D eigenvalue weighted by atomic mass is 9.77. The molecule has 1 aromatic carbocycles. The van der Waals surface area contributed by atoms with Gasteiger partial charge in [-0.1, -0.05) is 26.8 Å². The van der Waals surface area contributed by atoms with Gasteiger partial charge in [0.15, 0.2) is 5.13 Å². The van der Waals surface area contributed by atoms with Crippen LogP contribution in [0.25, 0.3) is 22.3 Å². The molecule has 0 spiro atoms. The minimum atomic E-state index is -4.37. The fourth-order valence-electron chi connectivity index (χ4n) is 9.03. The van der Waals surface area contributed by atoms with E-state index >= 15 is 4.79 Å². The molecule has 2 aliphatic carbocycles. The van der Waals surface area contributed by atoms with Crippen molar-refractivity contribution in [2.75, 3.05) is 32.1 Å². The third-order valence-electron chi connectivity index (χ3n) is 13.0. The fourth-order valence-corrected chi connectivity index (χ4v) is 10.7. The van der Waals surface area contributed by atoms with E-state index in [1.165, 1.54) is 27.2 Å². The minimum Gasteiger partial charge on any atom is -0.496 e. The second-order valence-electron chi connectivity index (χ2n) is 19.1. The van der Waals surface area contributed by atoms with Crippen LogP contribution in [0.5, 0.6) is 11.5 Å². The summed E-state index contributed by atoms with van der Waals surface area (Å²) in [5.41, 5.74) is -0.0452. The van der Waals surface area contributed by atoms with Gasteiger partial charge in [-0.3, -0.25) is 19.2 Å². The third kappa shape index (κ3) is 10.1. The second-order valence-corrected chi connectivity index (χ2v) is 20.8. The van der Waals surface area contributed by atoms with Gasteiger partial charge in [0.2, 0.25) is 28.6 Å². The fraction of sp³-hybridized carbons (Fsp3) is 0.600. The minimum absolute atomic E-state index is 0.0496. The van der Waals surface area contributed by atoms with E-state index in [9.17, 15) is 36.0 Å². The van der Waals surface area contributed by atoms with E-state index in [2.05, 4.69) is 17.2 Å². The van der Waals surface area contributed by atoms with E-state index in [1.807, 2.05) is 32.2 Å². The van der Waals surface area contributed by atoms with Gasteiger partial charge in [0.25, 0.3) is 5.91 Å². The molecule has 5 atom stereocenters. The number of amides is 4. The number of pyridine rings is 1. The molecule has 2 aliphatic heterocycles. The Morgan fingerprint density at radius 2 is 1.75 bits per heavy atom. The molecule has 1 unspecified atom stereocenters. The van der Waals surface area contributed by atoms with Crippen LogP contribution in [0.1, 0.15) is 85.1 Å². The number of piperidine rings is 1. The van der Waals surface area contributed by atoms with Gasteiger partial charge in [0, 0.05) is 66.3 Å². The number of likely N-dealkylation sites (tertiary alicyclic amines) is 2. The Morgan fingerprint density at radius 3 is 2.32 bits per heavy atom. The standard InChI is InChI=1S/C45H58F3N7O8S2/c1-9-26-21-44(26,41(59)55(65(60)61)28-10-11-28)52-39(57)34-18-29(22-54(34)40(58)31(43(5,6)7)19-37(56)53-16-14-27(15-17-53)45(46,47)48)63-36-20-32(33-23-64-42(51-33)49-24(2)3)50-38-25(4)35(62-8)13-12-30(36)38/h9,12-13,20,23-24,26-29,31,34,65H,1,10-11,14-19,21-22H2,2-8H3,(H,49,51)(H,52,57)/t26-,29-,31-,34+,44?/m1/s1. The van der Waals surface area contributed by atoms with Crippen molar-refractivity contribution in [1.29, 1.82) is 0 Å². The number of halogens is 3. The lowest BCUT2D eigenvalue weighted by Gasteiger charge is -2.37. The molecular weight excluding hydrogens is 888 g/mol. The van der Waals surface area contributed by atoms with Crippen LogP contribution in [-0.4, -0.2) is 119 Å². The molecule has 4 amide bonds. The highest BCUT2D eigenvalue weighted by atomic mass is 32.2. The van der Waals surface area contributed by atoms with Crippen molar-refractivity contribution in [3.05, 3.63) is 41.8 Å². The van der Waals surface area contributed by atoms with Gasteiger partial charge in [-0.25, -0.2) is 22.7 Å². The summed E-state index contributed by atoms with van der Waals surface area (Å²) in [6.07, 6.45) is -3.41. The Bertz CT molecular complexity index is 2420. The van der Waals surface area contributed by atoms with Gasteiger partial charge >= 0.3 is 6.18 Å². The van der Waals surface area contributed by atoms with Crippen LogP contribution in [0.4, 0.5) is 18.3 Å². The topological polar surface area (TPSA) is 180 Å². The highest BCUT2D eigenvalue weighted by molar-refractivity contribution is 7.70. The predicted molar refractivity (Wildman–Crippen MR) is 240 cm³/mol. The Kier molecular flexibility index (Phi) is 13.6.